The van der Waals surface area contributed by atoms with Gasteiger partial charge < -0.3 is 15.0 Å². The molecule has 0 radical (unpaired) electrons. The third-order valence-electron chi connectivity index (χ3n) is 2.67. The van der Waals surface area contributed by atoms with Crippen LogP contribution in [0.15, 0.2) is 25.6 Å². The monoisotopic (exact) mass is 389 g/mol. The fraction of sp³-hybridized carbons (Fsp3) is 0.333. The second-order valence-corrected chi connectivity index (χ2v) is 5.89. The van der Waals surface area contributed by atoms with Gasteiger partial charge in [0.2, 0.25) is 0 Å². The molecule has 0 spiro atoms. The highest BCUT2D eigenvalue weighted by atomic mass is 79.9. The van der Waals surface area contributed by atoms with Gasteiger partial charge in [-0.15, -0.1) is 0 Å². The van der Waals surface area contributed by atoms with Crippen LogP contribution in [0.4, 0.5) is 5.69 Å². The summed E-state index contributed by atoms with van der Waals surface area (Å²) in [4.78, 5) is 4.33. The van der Waals surface area contributed by atoms with Crippen LogP contribution in [0.5, 0.6) is 0 Å². The average molecular weight is 391 g/mol. The van der Waals surface area contributed by atoms with Crippen molar-refractivity contribution in [2.24, 2.45) is 0 Å². The molecule has 0 aliphatic carbocycles. The van der Waals surface area contributed by atoms with Crippen molar-refractivity contribution in [1.82, 2.24) is 10.1 Å². The highest BCUT2D eigenvalue weighted by molar-refractivity contribution is 9.11. The van der Waals surface area contributed by atoms with E-state index in [1.165, 1.54) is 0 Å². The molecule has 7 heteroatoms. The number of nitrogen functional groups attached to an aromatic ring is 1. The molecule has 1 unspecified atom stereocenters. The van der Waals surface area contributed by atoms with Crippen LogP contribution in [0.2, 0.25) is 0 Å². The van der Waals surface area contributed by atoms with Gasteiger partial charge in [-0.05, 0) is 35.0 Å². The number of hydrogen-bond acceptors (Lipinski definition) is 5. The fourth-order valence-electron chi connectivity index (χ4n) is 1.55. The van der Waals surface area contributed by atoms with Gasteiger partial charge in [-0.3, -0.25) is 0 Å². The smallest absolute Gasteiger partial charge is 0.260 e. The van der Waals surface area contributed by atoms with Gasteiger partial charge in [0.05, 0.1) is 17.4 Å². The van der Waals surface area contributed by atoms with E-state index >= 15 is 0 Å². The van der Waals surface area contributed by atoms with Crippen LogP contribution in [-0.2, 0) is 11.2 Å². The summed E-state index contributed by atoms with van der Waals surface area (Å²) in [6.45, 7) is 1.94. The summed E-state index contributed by atoms with van der Waals surface area (Å²) in [6, 6.07) is 3.71. The molecule has 2 aromatic rings. The van der Waals surface area contributed by atoms with Crippen LogP contribution in [0.25, 0.3) is 11.5 Å². The van der Waals surface area contributed by atoms with Gasteiger partial charge >= 0.3 is 0 Å². The lowest BCUT2D eigenvalue weighted by Crippen LogP contribution is -2.09. The lowest BCUT2D eigenvalue weighted by atomic mass is 10.2. The van der Waals surface area contributed by atoms with Crippen molar-refractivity contribution >= 4 is 37.5 Å². The predicted octanol–water partition coefficient (Wildman–Crippen LogP) is 3.42. The minimum Gasteiger partial charge on any atom is -0.397 e. The number of halogens is 2. The number of rotatable bonds is 4. The summed E-state index contributed by atoms with van der Waals surface area (Å²) in [5.74, 6) is 0.998. The molecular weight excluding hydrogens is 378 g/mol. The minimum absolute atomic E-state index is 0.0389. The molecule has 0 aliphatic heterocycles. The van der Waals surface area contributed by atoms with Crippen LogP contribution in [0, 0.1) is 0 Å². The number of benzene rings is 1. The Morgan fingerprint density at radius 2 is 2.16 bits per heavy atom. The Bertz CT molecular complexity index is 586. The molecule has 102 valence electrons. The van der Waals surface area contributed by atoms with E-state index in [9.17, 15) is 0 Å². The zero-order valence-electron chi connectivity index (χ0n) is 10.5. The van der Waals surface area contributed by atoms with Gasteiger partial charge in [-0.1, -0.05) is 21.1 Å². The van der Waals surface area contributed by atoms with Gasteiger partial charge in [0.15, 0.2) is 5.82 Å². The highest BCUT2D eigenvalue weighted by Crippen LogP contribution is 2.34. The van der Waals surface area contributed by atoms with Crippen LogP contribution in [0.1, 0.15) is 12.7 Å². The molecule has 0 saturated carbocycles. The normalized spacial score (nSPS) is 12.6. The molecule has 5 nitrogen and oxygen atoms in total. The molecule has 0 amide bonds. The number of hydrogen-bond donors (Lipinski definition) is 1. The van der Waals surface area contributed by atoms with E-state index in [0.29, 0.717) is 29.4 Å². The molecule has 0 fully saturated rings. The Morgan fingerprint density at radius 1 is 1.42 bits per heavy atom. The van der Waals surface area contributed by atoms with Crippen molar-refractivity contribution in [2.45, 2.75) is 19.4 Å². The number of anilines is 1. The predicted molar refractivity (Wildman–Crippen MR) is 79.7 cm³/mol. The molecule has 0 bridgehead atoms. The van der Waals surface area contributed by atoms with Gasteiger partial charge in [0, 0.05) is 22.5 Å². The number of nitrogens with two attached hydrogens (primary N) is 1. The molecule has 0 saturated heterocycles. The molecule has 1 aromatic carbocycles. The van der Waals surface area contributed by atoms with Crippen LogP contribution >= 0.6 is 31.9 Å². The number of methoxy groups -OCH3 is 1. The molecule has 2 rings (SSSR count). The van der Waals surface area contributed by atoms with E-state index in [4.69, 9.17) is 15.0 Å². The van der Waals surface area contributed by atoms with Crippen molar-refractivity contribution in [3.8, 4) is 11.5 Å². The topological polar surface area (TPSA) is 74.2 Å². The summed E-state index contributed by atoms with van der Waals surface area (Å²) < 4.78 is 12.1. The third kappa shape index (κ3) is 3.34. The first-order valence-electron chi connectivity index (χ1n) is 5.61. The molecule has 2 N–H and O–H groups in total. The third-order valence-corrected chi connectivity index (χ3v) is 3.78. The van der Waals surface area contributed by atoms with Crippen molar-refractivity contribution < 1.29 is 9.26 Å². The van der Waals surface area contributed by atoms with Gasteiger partial charge in [-0.2, -0.15) is 4.98 Å². The second-order valence-electron chi connectivity index (χ2n) is 4.12. The maximum atomic E-state index is 6.00. The molecule has 19 heavy (non-hydrogen) atoms. The second kappa shape index (κ2) is 6.02. The Labute approximate surface area is 127 Å². The van der Waals surface area contributed by atoms with Crippen LogP contribution in [-0.4, -0.2) is 23.4 Å². The SMILES string of the molecule is COC(C)Cc1noc(-c2cc(Br)cc(Br)c2N)n1. The maximum absolute atomic E-state index is 6.00. The first-order chi connectivity index (χ1) is 9.01. The Hall–Kier alpha value is -0.920. The van der Waals surface area contributed by atoms with Crippen molar-refractivity contribution in [1.29, 1.82) is 0 Å². The summed E-state index contributed by atoms with van der Waals surface area (Å²) in [5, 5.41) is 3.93. The van der Waals surface area contributed by atoms with Crippen molar-refractivity contribution in [2.75, 3.05) is 12.8 Å². The molecular formula is C12H13Br2N3O2. The zero-order valence-corrected chi connectivity index (χ0v) is 13.7. The van der Waals surface area contributed by atoms with Gasteiger partial charge in [0.1, 0.15) is 0 Å². The van der Waals surface area contributed by atoms with E-state index in [0.717, 1.165) is 8.95 Å². The van der Waals surface area contributed by atoms with Gasteiger partial charge in [-0.25, -0.2) is 0 Å². The summed E-state index contributed by atoms with van der Waals surface area (Å²) in [6.07, 6.45) is 0.631. The number of aromatic nitrogens is 2. The summed E-state index contributed by atoms with van der Waals surface area (Å²) >= 11 is 6.79. The van der Waals surface area contributed by atoms with E-state index in [-0.39, 0.29) is 6.10 Å². The average Bonchev–Trinajstić information content (AvgIpc) is 2.81. The quantitative estimate of drug-likeness (QED) is 0.809. The first kappa shape index (κ1) is 14.5. The van der Waals surface area contributed by atoms with Crippen LogP contribution < -0.4 is 5.73 Å². The number of nitrogens with zero attached hydrogens (tertiary/aromatic N) is 2. The van der Waals surface area contributed by atoms with Crippen LogP contribution in [0.3, 0.4) is 0 Å². The molecule has 1 atom stereocenters. The fourth-order valence-corrected chi connectivity index (χ4v) is 2.77. The zero-order chi connectivity index (χ0) is 14.0. The summed E-state index contributed by atoms with van der Waals surface area (Å²) in [5.41, 5.74) is 7.27. The standard InChI is InChI=1S/C12H13Br2N3O2/c1-6(18-2)3-10-16-12(19-17-10)8-4-7(13)5-9(14)11(8)15/h4-6H,3,15H2,1-2H3. The van der Waals surface area contributed by atoms with Crippen molar-refractivity contribution in [3.63, 3.8) is 0 Å². The maximum Gasteiger partial charge on any atom is 0.260 e. The summed E-state index contributed by atoms with van der Waals surface area (Å²) in [7, 11) is 1.65. The molecule has 1 aromatic heterocycles. The van der Waals surface area contributed by atoms with E-state index < -0.39 is 0 Å². The highest BCUT2D eigenvalue weighted by Gasteiger charge is 2.15. The van der Waals surface area contributed by atoms with E-state index in [1.54, 1.807) is 7.11 Å². The Morgan fingerprint density at radius 3 is 2.84 bits per heavy atom. The minimum atomic E-state index is 0.0389. The van der Waals surface area contributed by atoms with Gasteiger partial charge in [0.25, 0.3) is 5.89 Å². The molecule has 1 heterocycles. The van der Waals surface area contributed by atoms with E-state index in [2.05, 4.69) is 42.0 Å². The van der Waals surface area contributed by atoms with E-state index in [1.807, 2.05) is 19.1 Å². The Kier molecular flexibility index (Phi) is 4.59. The lowest BCUT2D eigenvalue weighted by molar-refractivity contribution is 0.116. The molecule has 0 aliphatic rings. The largest absolute Gasteiger partial charge is 0.397 e. The Balaban J connectivity index is 2.33. The van der Waals surface area contributed by atoms with Crippen molar-refractivity contribution in [3.05, 3.63) is 26.9 Å². The lowest BCUT2D eigenvalue weighted by Gasteiger charge is -2.05. The first-order valence-corrected chi connectivity index (χ1v) is 7.20. The number of ether oxygens (including phenoxy) is 1.